The maximum absolute atomic E-state index is 12.6. The lowest BCUT2D eigenvalue weighted by atomic mass is 10.3. The van der Waals surface area contributed by atoms with Crippen LogP contribution in [0.2, 0.25) is 0 Å². The molecule has 0 aromatic carbocycles. The molecule has 0 atom stereocenters. The molecule has 1 amide bonds. The molecule has 3 aromatic rings. The number of pyridine rings is 1. The predicted octanol–water partition coefficient (Wildman–Crippen LogP) is 0.910. The van der Waals surface area contributed by atoms with Gasteiger partial charge in [0.2, 0.25) is 0 Å². The van der Waals surface area contributed by atoms with E-state index in [-0.39, 0.29) is 48.7 Å². The van der Waals surface area contributed by atoms with Crippen LogP contribution in [0.3, 0.4) is 0 Å². The van der Waals surface area contributed by atoms with Crippen LogP contribution in [0.1, 0.15) is 18.5 Å². The van der Waals surface area contributed by atoms with Gasteiger partial charge in [-0.1, -0.05) is 17.8 Å². The van der Waals surface area contributed by atoms with Gasteiger partial charge in [0.05, 0.1) is 27.6 Å². The van der Waals surface area contributed by atoms with E-state index in [9.17, 15) is 22.8 Å². The van der Waals surface area contributed by atoms with Crippen molar-refractivity contribution >= 4 is 51.6 Å². The fraction of sp³-hybridized carbons (Fsp3) is 0.300. The van der Waals surface area contributed by atoms with Crippen LogP contribution < -0.4 is 16.6 Å². The number of sulfone groups is 1. The van der Waals surface area contributed by atoms with E-state index < -0.39 is 21.1 Å². The zero-order valence-corrected chi connectivity index (χ0v) is 19.7. The third-order valence-electron chi connectivity index (χ3n) is 5.44. The summed E-state index contributed by atoms with van der Waals surface area (Å²) in [6, 6.07) is 6.71. The number of rotatable bonds is 5. The fourth-order valence-electron chi connectivity index (χ4n) is 3.91. The van der Waals surface area contributed by atoms with Gasteiger partial charge in [0.15, 0.2) is 9.84 Å². The molecular weight excluding hydrogens is 490 g/mol. The molecule has 0 saturated heterocycles. The van der Waals surface area contributed by atoms with E-state index >= 15 is 0 Å². The Hall–Kier alpha value is -2.83. The first-order valence-electron chi connectivity index (χ1n) is 10.1. The summed E-state index contributed by atoms with van der Waals surface area (Å²) >= 11 is 1.34. The monoisotopic (exact) mass is 509 g/mol. The molecule has 3 aromatic heterocycles. The molecule has 10 nitrogen and oxygen atoms in total. The van der Waals surface area contributed by atoms with Gasteiger partial charge in [0.1, 0.15) is 10.7 Å². The van der Waals surface area contributed by atoms with E-state index in [1.807, 2.05) is 22.6 Å². The van der Waals surface area contributed by atoms with Crippen molar-refractivity contribution in [1.29, 1.82) is 0 Å². The number of thioether (sulfide) groups is 1. The van der Waals surface area contributed by atoms with E-state index in [1.54, 1.807) is 12.3 Å². The minimum atomic E-state index is -3.61. The average molecular weight is 510 g/mol. The highest BCUT2D eigenvalue weighted by Crippen LogP contribution is 2.34. The van der Waals surface area contributed by atoms with E-state index in [0.717, 1.165) is 31.6 Å². The van der Waals surface area contributed by atoms with Crippen molar-refractivity contribution in [3.05, 3.63) is 61.9 Å². The number of amides is 1. The Kier molecular flexibility index (Phi) is 6.25. The SMILES string of the molecule is Cl.O=C(NCCCn1c(=O)cc2n(c1=O)CCCS2(=O)=O)C1=Cc2cnc3cccc(n23)S1. The van der Waals surface area contributed by atoms with Gasteiger partial charge >= 0.3 is 5.69 Å². The molecule has 33 heavy (non-hydrogen) atoms. The van der Waals surface area contributed by atoms with Gasteiger partial charge in [0, 0.05) is 25.7 Å². The minimum absolute atomic E-state index is 0. The van der Waals surface area contributed by atoms with Crippen molar-refractivity contribution in [2.75, 3.05) is 12.3 Å². The van der Waals surface area contributed by atoms with Crippen molar-refractivity contribution in [3.63, 3.8) is 0 Å². The number of carbonyl (C=O) groups is 1. The van der Waals surface area contributed by atoms with Crippen LogP contribution in [0, 0.1) is 0 Å². The highest BCUT2D eigenvalue weighted by molar-refractivity contribution is 8.04. The van der Waals surface area contributed by atoms with Crippen molar-refractivity contribution in [2.24, 2.45) is 0 Å². The van der Waals surface area contributed by atoms with Crippen molar-refractivity contribution < 1.29 is 13.2 Å². The minimum Gasteiger partial charge on any atom is -0.352 e. The molecule has 0 bridgehead atoms. The topological polar surface area (TPSA) is 125 Å². The highest BCUT2D eigenvalue weighted by Gasteiger charge is 2.26. The number of halogens is 1. The Balaban J connectivity index is 0.00000259. The second kappa shape index (κ2) is 8.84. The Bertz CT molecular complexity index is 1520. The number of hydrogen-bond donors (Lipinski definition) is 1. The van der Waals surface area contributed by atoms with Crippen LogP contribution in [0.4, 0.5) is 0 Å². The first-order valence-corrected chi connectivity index (χ1v) is 12.5. The summed E-state index contributed by atoms with van der Waals surface area (Å²) in [7, 11) is -3.61. The number of aromatic nitrogens is 4. The molecule has 174 valence electrons. The molecule has 5 heterocycles. The quantitative estimate of drug-likeness (QED) is 0.400. The predicted molar refractivity (Wildman–Crippen MR) is 126 cm³/mol. The molecule has 0 spiro atoms. The normalized spacial score (nSPS) is 15.9. The zero-order chi connectivity index (χ0) is 22.5. The van der Waals surface area contributed by atoms with E-state index in [1.165, 1.54) is 11.8 Å². The third-order valence-corrected chi connectivity index (χ3v) is 8.29. The highest BCUT2D eigenvalue weighted by atomic mass is 35.5. The maximum atomic E-state index is 12.6. The van der Waals surface area contributed by atoms with Crippen LogP contribution in [0.15, 0.2) is 55.0 Å². The molecule has 2 aliphatic heterocycles. The van der Waals surface area contributed by atoms with Gasteiger partial charge in [-0.25, -0.2) is 18.2 Å². The third kappa shape index (κ3) is 4.13. The number of fused-ring (bicyclic) bond motifs is 1. The Labute approximate surface area is 198 Å². The Morgan fingerprint density at radius 3 is 2.88 bits per heavy atom. The molecular formula is C20H20ClN5O5S2. The molecule has 0 fully saturated rings. The van der Waals surface area contributed by atoms with Gasteiger partial charge in [-0.05, 0) is 31.1 Å². The summed E-state index contributed by atoms with van der Waals surface area (Å²) < 4.78 is 28.4. The average Bonchev–Trinajstić information content (AvgIpc) is 3.18. The van der Waals surface area contributed by atoms with E-state index in [4.69, 9.17) is 0 Å². The summed E-state index contributed by atoms with van der Waals surface area (Å²) in [6.45, 7) is 0.599. The second-order valence-electron chi connectivity index (χ2n) is 7.54. The summed E-state index contributed by atoms with van der Waals surface area (Å²) in [6.07, 6.45) is 4.16. The van der Waals surface area contributed by atoms with Gasteiger partial charge < -0.3 is 5.32 Å². The molecule has 0 radical (unpaired) electrons. The summed E-state index contributed by atoms with van der Waals surface area (Å²) in [5.74, 6) is -0.314. The van der Waals surface area contributed by atoms with Crippen LogP contribution in [0.5, 0.6) is 0 Å². The molecule has 2 aliphatic rings. The standard InChI is InChI=1S/C20H19N5O5S2.ClH/c26-16-11-18-24(8-3-9-32(18,29)30)20(28)23(16)7-2-6-21-19(27)14-10-13-12-22-15-4-1-5-17(31-14)25(13)15;/h1,4-5,10-12H,2-3,6-9H2,(H,21,27);1H. The van der Waals surface area contributed by atoms with Crippen LogP contribution in [-0.4, -0.2) is 45.1 Å². The summed E-state index contributed by atoms with van der Waals surface area (Å²) in [4.78, 5) is 42.4. The molecule has 1 N–H and O–H groups in total. The van der Waals surface area contributed by atoms with E-state index in [0.29, 0.717) is 17.7 Å². The van der Waals surface area contributed by atoms with Crippen molar-refractivity contribution in [2.45, 2.75) is 36.0 Å². The van der Waals surface area contributed by atoms with Crippen LogP contribution in [0.25, 0.3) is 11.7 Å². The molecule has 13 heteroatoms. The lowest BCUT2D eigenvalue weighted by Gasteiger charge is -2.19. The first kappa shape index (κ1) is 23.3. The second-order valence-corrected chi connectivity index (χ2v) is 10.7. The van der Waals surface area contributed by atoms with Gasteiger partial charge in [0.25, 0.3) is 11.5 Å². The number of imidazole rings is 1. The van der Waals surface area contributed by atoms with Crippen LogP contribution in [-0.2, 0) is 27.7 Å². The molecule has 0 unspecified atom stereocenters. The zero-order valence-electron chi connectivity index (χ0n) is 17.3. The number of nitrogens with one attached hydrogen (secondary N) is 1. The Morgan fingerprint density at radius 2 is 2.06 bits per heavy atom. The summed E-state index contributed by atoms with van der Waals surface area (Å²) in [5.41, 5.74) is 0.359. The smallest absolute Gasteiger partial charge is 0.331 e. The molecule has 0 saturated carbocycles. The largest absolute Gasteiger partial charge is 0.352 e. The lowest BCUT2D eigenvalue weighted by molar-refractivity contribution is -0.116. The maximum Gasteiger partial charge on any atom is 0.331 e. The fourth-order valence-corrected chi connectivity index (χ4v) is 6.42. The van der Waals surface area contributed by atoms with Gasteiger partial charge in [-0.3, -0.25) is 23.1 Å². The van der Waals surface area contributed by atoms with Crippen molar-refractivity contribution in [1.82, 2.24) is 23.8 Å². The number of hydrogen-bond acceptors (Lipinski definition) is 7. The first-order chi connectivity index (χ1) is 15.3. The van der Waals surface area contributed by atoms with E-state index in [2.05, 4.69) is 10.3 Å². The van der Waals surface area contributed by atoms with Crippen molar-refractivity contribution in [3.8, 4) is 0 Å². The molecule has 5 rings (SSSR count). The molecule has 0 aliphatic carbocycles. The summed E-state index contributed by atoms with van der Waals surface area (Å²) in [5, 5.41) is 3.50. The van der Waals surface area contributed by atoms with Gasteiger partial charge in [-0.2, -0.15) is 0 Å². The number of nitrogens with zero attached hydrogens (tertiary/aromatic N) is 4. The number of carbonyl (C=O) groups excluding carboxylic acids is 1. The van der Waals surface area contributed by atoms with Gasteiger partial charge in [-0.15, -0.1) is 12.4 Å². The van der Waals surface area contributed by atoms with Crippen LogP contribution >= 0.6 is 24.2 Å². The Morgan fingerprint density at radius 1 is 1.24 bits per heavy atom. The lowest BCUT2D eigenvalue weighted by Crippen LogP contribution is -2.44.